The molecule has 29 atom stereocenters. The molecular formula is C42H73N3O31. The monoisotopic (exact) mass is 1120 g/mol. The second kappa shape index (κ2) is 28.6. The van der Waals surface area contributed by atoms with Gasteiger partial charge in [-0.05, 0) is 0 Å². The fourth-order valence-electron chi connectivity index (χ4n) is 9.17. The lowest BCUT2D eigenvalue weighted by atomic mass is 9.95. The van der Waals surface area contributed by atoms with E-state index in [0.717, 1.165) is 20.8 Å². The molecule has 0 aromatic carbocycles. The largest absolute Gasteiger partial charge is 0.394 e. The molecule has 3 amide bonds. The van der Waals surface area contributed by atoms with Crippen molar-refractivity contribution in [3.63, 3.8) is 0 Å². The van der Waals surface area contributed by atoms with Gasteiger partial charge >= 0.3 is 0 Å². The van der Waals surface area contributed by atoms with E-state index in [4.69, 9.17) is 47.4 Å². The molecule has 0 aromatic rings. The van der Waals surface area contributed by atoms with E-state index in [1.807, 2.05) is 0 Å². The van der Waals surface area contributed by atoms with Gasteiger partial charge in [0.05, 0.1) is 52.3 Å². The Bertz CT molecular complexity index is 1820. The number of rotatable bonds is 23. The molecule has 0 spiro atoms. The molecule has 5 heterocycles. The van der Waals surface area contributed by atoms with Gasteiger partial charge in [0.1, 0.15) is 140 Å². The number of amides is 3. The standard InChI is InChI=1S/C42H73N3O31/c1-11(52)43-14(4-46)23(56)34(15(55)5-47)73-40-33(66)35(74-42-37(32(65)27(60)19(9-51)71-42)76-39-22(45-13(3)54)30(63)25(58)17(7-49)69-39)28(61)20(72-40)10-67-41-36(31(64)26(59)18(8-50)70-41)75-38-21(44-12(2)53)29(62)24(57)16(6-48)68-38/h14-42,46-51,55-66H,4-10H2,1-3H3,(H,43,52)(H,44,53)(H,45,54)/t14-,15+,16+,17+,18+,19+,20+,21+,22+,23+,24+,25+,26+,27+,28+,29+,30+,31-,32-,33-,34+,35-,36-,37-,38-,39-,40-,41-,42+/m0/s1. The fourth-order valence-corrected chi connectivity index (χ4v) is 9.17. The van der Waals surface area contributed by atoms with Crippen LogP contribution in [0.25, 0.3) is 0 Å². The summed E-state index contributed by atoms with van der Waals surface area (Å²) in [6.07, 6.45) is -52.1. The van der Waals surface area contributed by atoms with Gasteiger partial charge in [-0.2, -0.15) is 0 Å². The molecule has 0 radical (unpaired) electrons. The van der Waals surface area contributed by atoms with Crippen LogP contribution in [0.2, 0.25) is 0 Å². The minimum atomic E-state index is -2.40. The summed E-state index contributed by atoms with van der Waals surface area (Å²) in [5.74, 6) is -2.40. The lowest BCUT2D eigenvalue weighted by Gasteiger charge is -2.49. The van der Waals surface area contributed by atoms with E-state index in [2.05, 4.69) is 16.0 Å². The van der Waals surface area contributed by atoms with Crippen LogP contribution >= 0.6 is 0 Å². The highest BCUT2D eigenvalue weighted by atomic mass is 16.8. The quantitative estimate of drug-likeness (QED) is 0.0452. The lowest BCUT2D eigenvalue weighted by molar-refractivity contribution is -0.391. The van der Waals surface area contributed by atoms with Crippen molar-refractivity contribution < 1.29 is 154 Å². The first-order valence-electron chi connectivity index (χ1n) is 24.0. The van der Waals surface area contributed by atoms with Gasteiger partial charge in [-0.1, -0.05) is 0 Å². The van der Waals surface area contributed by atoms with E-state index in [-0.39, 0.29) is 0 Å². The third-order valence-electron chi connectivity index (χ3n) is 13.3. The summed E-state index contributed by atoms with van der Waals surface area (Å²) in [5.41, 5.74) is 0. The topological polar surface area (TPSA) is 544 Å². The second-order valence-electron chi connectivity index (χ2n) is 18.8. The normalized spacial score (nSPS) is 43.8. The smallest absolute Gasteiger partial charge is 0.217 e. The molecule has 34 nitrogen and oxygen atoms in total. The second-order valence-corrected chi connectivity index (χ2v) is 18.8. The highest BCUT2D eigenvalue weighted by Gasteiger charge is 2.57. The third kappa shape index (κ3) is 14.8. The van der Waals surface area contributed by atoms with Crippen LogP contribution in [0.15, 0.2) is 0 Å². The Kier molecular flexibility index (Phi) is 24.1. The Balaban J connectivity index is 1.54. The van der Waals surface area contributed by atoms with Gasteiger partial charge < -0.3 is 155 Å². The van der Waals surface area contributed by atoms with Crippen LogP contribution in [0.1, 0.15) is 20.8 Å². The van der Waals surface area contributed by atoms with Gasteiger partial charge in [0.2, 0.25) is 17.7 Å². The van der Waals surface area contributed by atoms with E-state index in [9.17, 15) is 106 Å². The van der Waals surface area contributed by atoms with Crippen molar-refractivity contribution in [2.45, 2.75) is 199 Å². The molecular weight excluding hydrogens is 1040 g/mol. The fraction of sp³-hybridized carbons (Fsp3) is 0.929. The van der Waals surface area contributed by atoms with Crippen molar-refractivity contribution in [1.82, 2.24) is 16.0 Å². The molecule has 442 valence electrons. The average Bonchev–Trinajstić information content (AvgIpc) is 3.38. The molecule has 5 fully saturated rings. The van der Waals surface area contributed by atoms with E-state index in [1.54, 1.807) is 0 Å². The molecule has 21 N–H and O–H groups in total. The first-order chi connectivity index (χ1) is 35.9. The molecule has 5 rings (SSSR count). The van der Waals surface area contributed by atoms with E-state index >= 15 is 0 Å². The zero-order valence-electron chi connectivity index (χ0n) is 41.0. The number of nitrogens with one attached hydrogen (secondary N) is 3. The molecule has 34 heteroatoms. The molecule has 0 saturated carbocycles. The highest BCUT2D eigenvalue weighted by molar-refractivity contribution is 5.74. The summed E-state index contributed by atoms with van der Waals surface area (Å²) >= 11 is 0. The summed E-state index contributed by atoms with van der Waals surface area (Å²) < 4.78 is 58.1. The van der Waals surface area contributed by atoms with Crippen LogP contribution in [0, 0.1) is 0 Å². The highest BCUT2D eigenvalue weighted by Crippen LogP contribution is 2.36. The predicted molar refractivity (Wildman–Crippen MR) is 236 cm³/mol. The minimum Gasteiger partial charge on any atom is -0.394 e. The Labute approximate surface area is 431 Å². The Morgan fingerprint density at radius 1 is 0.447 bits per heavy atom. The Morgan fingerprint density at radius 2 is 0.842 bits per heavy atom. The lowest BCUT2D eigenvalue weighted by Crippen LogP contribution is -2.69. The number of ether oxygens (including phenoxy) is 10. The van der Waals surface area contributed by atoms with E-state index in [0.29, 0.717) is 0 Å². The van der Waals surface area contributed by atoms with Crippen molar-refractivity contribution in [1.29, 1.82) is 0 Å². The van der Waals surface area contributed by atoms with Gasteiger partial charge in [0, 0.05) is 20.8 Å². The molecule has 0 bridgehead atoms. The maximum atomic E-state index is 12.2. The van der Waals surface area contributed by atoms with Gasteiger partial charge in [0.25, 0.3) is 0 Å². The molecule has 0 aromatic heterocycles. The summed E-state index contributed by atoms with van der Waals surface area (Å²) in [6.45, 7) is -4.09. The van der Waals surface area contributed by atoms with Crippen molar-refractivity contribution in [3.05, 3.63) is 0 Å². The average molecular weight is 1120 g/mol. The summed E-state index contributed by atoms with van der Waals surface area (Å²) in [4.78, 5) is 36.4. The SMILES string of the molecule is CC(=O)N[C@H]1[C@H](O[C@@H]2[C@@H](OC[C@H]3O[C@@H](O[C@@H]([C@H](O)[C@H](CO)NC(C)=O)[C@H](O)CO)[C@@H](O)[C@@H](O[C@H]4O[C@H](CO)[C@@H](O)[C@H](O)[C@@H]4O[C@@H]4O[C@H](CO)[C@@H](O)[C@H](O)[C@H]4NC(C)=O)[C@@H]3O)O[C@H](CO)[C@@H](O)[C@@H]2O)O[C@H](CO)[C@@H](O)[C@@H]1O. The van der Waals surface area contributed by atoms with Crippen LogP contribution < -0.4 is 16.0 Å². The van der Waals surface area contributed by atoms with E-state index in [1.165, 1.54) is 0 Å². The predicted octanol–water partition coefficient (Wildman–Crippen LogP) is -14.0. The summed E-state index contributed by atoms with van der Waals surface area (Å²) in [6, 6.07) is -4.97. The molecule has 5 aliphatic rings. The van der Waals surface area contributed by atoms with Gasteiger partial charge in [-0.15, -0.1) is 0 Å². The molecule has 5 aliphatic heterocycles. The van der Waals surface area contributed by atoms with Crippen molar-refractivity contribution in [3.8, 4) is 0 Å². The van der Waals surface area contributed by atoms with Crippen molar-refractivity contribution in [2.24, 2.45) is 0 Å². The first kappa shape index (κ1) is 64.1. The van der Waals surface area contributed by atoms with Gasteiger partial charge in [-0.3, -0.25) is 14.4 Å². The number of aliphatic hydroxyl groups excluding tert-OH is 18. The Morgan fingerprint density at radius 3 is 1.25 bits per heavy atom. The molecule has 0 unspecified atom stereocenters. The van der Waals surface area contributed by atoms with Gasteiger partial charge in [-0.25, -0.2) is 0 Å². The third-order valence-corrected chi connectivity index (χ3v) is 13.3. The van der Waals surface area contributed by atoms with Crippen LogP contribution in [0.4, 0.5) is 0 Å². The van der Waals surface area contributed by atoms with Crippen molar-refractivity contribution >= 4 is 17.7 Å². The number of hydrogen-bond acceptors (Lipinski definition) is 31. The number of carbonyl (C=O) groups excluding carboxylic acids is 3. The summed E-state index contributed by atoms with van der Waals surface area (Å²) in [5, 5.41) is 201. The number of aliphatic hydroxyl groups is 18. The van der Waals surface area contributed by atoms with Crippen molar-refractivity contribution in [2.75, 3.05) is 46.2 Å². The minimum absolute atomic E-state index is 0.786. The number of carbonyl (C=O) groups is 3. The first-order valence-corrected chi connectivity index (χ1v) is 24.0. The molecule has 0 aliphatic carbocycles. The maximum Gasteiger partial charge on any atom is 0.217 e. The Hall–Kier alpha value is -2.71. The van der Waals surface area contributed by atoms with Crippen LogP contribution in [0.3, 0.4) is 0 Å². The van der Waals surface area contributed by atoms with Crippen LogP contribution in [0.5, 0.6) is 0 Å². The molecule has 76 heavy (non-hydrogen) atoms. The zero-order chi connectivity index (χ0) is 56.6. The van der Waals surface area contributed by atoms with Crippen LogP contribution in [-0.4, -0.2) is 334 Å². The van der Waals surface area contributed by atoms with E-state index < -0.39 is 242 Å². The molecule has 5 saturated heterocycles. The van der Waals surface area contributed by atoms with Crippen LogP contribution in [-0.2, 0) is 61.8 Å². The zero-order valence-corrected chi connectivity index (χ0v) is 41.0. The van der Waals surface area contributed by atoms with Gasteiger partial charge in [0.15, 0.2) is 31.5 Å². The summed E-state index contributed by atoms with van der Waals surface area (Å²) in [7, 11) is 0. The number of hydrogen-bond donors (Lipinski definition) is 21. The maximum absolute atomic E-state index is 12.2.